The van der Waals surface area contributed by atoms with Gasteiger partial charge in [-0.3, -0.25) is 4.79 Å². The molecule has 1 rings (SSSR count). The normalized spacial score (nSPS) is 9.85. The first-order chi connectivity index (χ1) is 6.00. The third-order valence-corrected chi connectivity index (χ3v) is 2.08. The fourth-order valence-electron chi connectivity index (χ4n) is 0.893. The molecule has 0 saturated carbocycles. The molecular weight excluding hydrogens is 239 g/mol. The maximum atomic E-state index is 12.9. The Labute approximate surface area is 83.8 Å². The smallest absolute Gasteiger partial charge is 0.308 e. The fraction of sp³-hybridized carbons (Fsp3) is 0.222. The number of rotatable bonds is 1. The number of ether oxygens (including phenoxy) is 1. The summed E-state index contributed by atoms with van der Waals surface area (Å²) in [4.78, 5) is 10.6. The standard InChI is InChI=1S/C9H8BrFO2/c1-5-3-8(11)7(10)4-9(5)13-6(2)12/h3-4H,1-2H3. The van der Waals surface area contributed by atoms with Crippen LogP contribution in [0.15, 0.2) is 16.6 Å². The summed E-state index contributed by atoms with van der Waals surface area (Å²) >= 11 is 3.00. The molecule has 1 aromatic rings. The van der Waals surface area contributed by atoms with Crippen molar-refractivity contribution in [2.75, 3.05) is 0 Å². The molecule has 0 aromatic heterocycles. The first kappa shape index (κ1) is 10.2. The highest BCUT2D eigenvalue weighted by molar-refractivity contribution is 9.10. The second-order valence-corrected chi connectivity index (χ2v) is 3.48. The predicted molar refractivity (Wildman–Crippen MR) is 50.1 cm³/mol. The van der Waals surface area contributed by atoms with Gasteiger partial charge in [0, 0.05) is 6.92 Å². The lowest BCUT2D eigenvalue weighted by Gasteiger charge is -2.05. The summed E-state index contributed by atoms with van der Waals surface area (Å²) in [7, 11) is 0. The second kappa shape index (κ2) is 3.87. The molecule has 70 valence electrons. The van der Waals surface area contributed by atoms with Crippen molar-refractivity contribution in [1.29, 1.82) is 0 Å². The minimum absolute atomic E-state index is 0.286. The fourth-order valence-corrected chi connectivity index (χ4v) is 1.22. The van der Waals surface area contributed by atoms with E-state index in [1.807, 2.05) is 0 Å². The molecule has 0 aliphatic rings. The minimum atomic E-state index is -0.415. The molecule has 0 unspecified atom stereocenters. The summed E-state index contributed by atoms with van der Waals surface area (Å²) < 4.78 is 18.0. The van der Waals surface area contributed by atoms with Gasteiger partial charge in [-0.05, 0) is 40.5 Å². The molecule has 0 amide bonds. The van der Waals surface area contributed by atoms with E-state index in [0.29, 0.717) is 11.3 Å². The summed E-state index contributed by atoms with van der Waals surface area (Å²) in [6.07, 6.45) is 0. The van der Waals surface area contributed by atoms with Crippen LogP contribution >= 0.6 is 15.9 Å². The Hall–Kier alpha value is -0.900. The topological polar surface area (TPSA) is 26.3 Å². The zero-order valence-corrected chi connectivity index (χ0v) is 8.81. The van der Waals surface area contributed by atoms with E-state index in [4.69, 9.17) is 4.74 Å². The maximum Gasteiger partial charge on any atom is 0.308 e. The van der Waals surface area contributed by atoms with Crippen LogP contribution in [0.4, 0.5) is 4.39 Å². The third-order valence-electron chi connectivity index (χ3n) is 1.47. The van der Waals surface area contributed by atoms with E-state index in [0.717, 1.165) is 0 Å². The number of halogens is 2. The number of aryl methyl sites for hydroxylation is 1. The third kappa shape index (κ3) is 2.52. The van der Waals surface area contributed by atoms with E-state index < -0.39 is 5.97 Å². The Bertz CT molecular complexity index is 350. The molecule has 0 atom stereocenters. The van der Waals surface area contributed by atoms with Crippen LogP contribution < -0.4 is 4.74 Å². The lowest BCUT2D eigenvalue weighted by Crippen LogP contribution is -2.03. The predicted octanol–water partition coefficient (Wildman–Crippen LogP) is 2.82. The van der Waals surface area contributed by atoms with Gasteiger partial charge in [-0.25, -0.2) is 4.39 Å². The summed E-state index contributed by atoms with van der Waals surface area (Å²) in [6, 6.07) is 2.74. The van der Waals surface area contributed by atoms with Crippen molar-refractivity contribution < 1.29 is 13.9 Å². The zero-order valence-electron chi connectivity index (χ0n) is 7.23. The van der Waals surface area contributed by atoms with Gasteiger partial charge in [-0.1, -0.05) is 0 Å². The van der Waals surface area contributed by atoms with Crippen LogP contribution in [0.5, 0.6) is 5.75 Å². The van der Waals surface area contributed by atoms with Crippen LogP contribution in [0.2, 0.25) is 0 Å². The van der Waals surface area contributed by atoms with E-state index in [9.17, 15) is 9.18 Å². The van der Waals surface area contributed by atoms with Gasteiger partial charge in [0.25, 0.3) is 0 Å². The Kier molecular flexibility index (Phi) is 3.03. The van der Waals surface area contributed by atoms with Crippen molar-refractivity contribution in [3.63, 3.8) is 0 Å². The number of carbonyl (C=O) groups is 1. The average Bonchev–Trinajstić information content (AvgIpc) is 1.99. The van der Waals surface area contributed by atoms with Gasteiger partial charge < -0.3 is 4.74 Å². The molecule has 4 heteroatoms. The number of esters is 1. The van der Waals surface area contributed by atoms with Crippen LogP contribution in [0.3, 0.4) is 0 Å². The molecule has 2 nitrogen and oxygen atoms in total. The van der Waals surface area contributed by atoms with Crippen LogP contribution in [0.1, 0.15) is 12.5 Å². The molecule has 0 spiro atoms. The average molecular weight is 247 g/mol. The molecule has 0 saturated heterocycles. The Morgan fingerprint density at radius 1 is 1.54 bits per heavy atom. The quantitative estimate of drug-likeness (QED) is 0.563. The maximum absolute atomic E-state index is 12.9. The Morgan fingerprint density at radius 3 is 2.69 bits per heavy atom. The monoisotopic (exact) mass is 246 g/mol. The van der Waals surface area contributed by atoms with Crippen molar-refractivity contribution in [2.45, 2.75) is 13.8 Å². The highest BCUT2D eigenvalue weighted by atomic mass is 79.9. The van der Waals surface area contributed by atoms with Gasteiger partial charge in [0.2, 0.25) is 0 Å². The zero-order chi connectivity index (χ0) is 10.0. The molecule has 0 fully saturated rings. The molecule has 0 bridgehead atoms. The van der Waals surface area contributed by atoms with Gasteiger partial charge in [0.15, 0.2) is 0 Å². The molecule has 1 aromatic carbocycles. The molecule has 0 radical (unpaired) electrons. The van der Waals surface area contributed by atoms with Crippen molar-refractivity contribution in [1.82, 2.24) is 0 Å². The number of carbonyl (C=O) groups excluding carboxylic acids is 1. The highest BCUT2D eigenvalue weighted by Gasteiger charge is 2.07. The summed E-state index contributed by atoms with van der Waals surface area (Å²) in [5.41, 5.74) is 0.593. The van der Waals surface area contributed by atoms with Gasteiger partial charge in [-0.15, -0.1) is 0 Å². The Morgan fingerprint density at radius 2 is 2.15 bits per heavy atom. The Balaban J connectivity index is 3.08. The highest BCUT2D eigenvalue weighted by Crippen LogP contribution is 2.25. The molecule has 0 aliphatic heterocycles. The van der Waals surface area contributed by atoms with E-state index in [-0.39, 0.29) is 10.3 Å². The summed E-state index contributed by atoms with van der Waals surface area (Å²) in [5, 5.41) is 0. The van der Waals surface area contributed by atoms with Gasteiger partial charge in [-0.2, -0.15) is 0 Å². The number of benzene rings is 1. The largest absolute Gasteiger partial charge is 0.426 e. The summed E-state index contributed by atoms with van der Waals surface area (Å²) in [6.45, 7) is 2.98. The van der Waals surface area contributed by atoms with Crippen molar-refractivity contribution in [3.05, 3.63) is 28.0 Å². The molecular formula is C9H8BrFO2. The van der Waals surface area contributed by atoms with Crippen molar-refractivity contribution >= 4 is 21.9 Å². The van der Waals surface area contributed by atoms with E-state index in [1.165, 1.54) is 19.1 Å². The van der Waals surface area contributed by atoms with Gasteiger partial charge in [0.1, 0.15) is 11.6 Å². The number of hydrogen-bond acceptors (Lipinski definition) is 2. The van der Waals surface area contributed by atoms with Crippen LogP contribution in [-0.4, -0.2) is 5.97 Å². The van der Waals surface area contributed by atoms with Crippen LogP contribution in [-0.2, 0) is 4.79 Å². The molecule has 0 N–H and O–H groups in total. The van der Waals surface area contributed by atoms with Crippen molar-refractivity contribution in [3.8, 4) is 5.75 Å². The molecule has 13 heavy (non-hydrogen) atoms. The van der Waals surface area contributed by atoms with Gasteiger partial charge in [0.05, 0.1) is 4.47 Å². The number of hydrogen-bond donors (Lipinski definition) is 0. The summed E-state index contributed by atoms with van der Waals surface area (Å²) in [5.74, 6) is -0.407. The lowest BCUT2D eigenvalue weighted by atomic mass is 10.2. The SMILES string of the molecule is CC(=O)Oc1cc(Br)c(F)cc1C. The van der Waals surface area contributed by atoms with Crippen molar-refractivity contribution in [2.24, 2.45) is 0 Å². The first-order valence-corrected chi connectivity index (χ1v) is 4.44. The van der Waals surface area contributed by atoms with Gasteiger partial charge >= 0.3 is 5.97 Å². The lowest BCUT2D eigenvalue weighted by molar-refractivity contribution is -0.131. The van der Waals surface area contributed by atoms with Crippen LogP contribution in [0, 0.1) is 12.7 Å². The molecule has 0 aliphatic carbocycles. The first-order valence-electron chi connectivity index (χ1n) is 3.65. The van der Waals surface area contributed by atoms with E-state index >= 15 is 0 Å². The van der Waals surface area contributed by atoms with E-state index in [1.54, 1.807) is 6.92 Å². The second-order valence-electron chi connectivity index (χ2n) is 2.63. The molecule has 0 heterocycles. The van der Waals surface area contributed by atoms with E-state index in [2.05, 4.69) is 15.9 Å². The minimum Gasteiger partial charge on any atom is -0.426 e. The van der Waals surface area contributed by atoms with Crippen LogP contribution in [0.25, 0.3) is 0 Å².